The Hall–Kier alpha value is -2.71. The van der Waals surface area contributed by atoms with E-state index < -0.39 is 10.0 Å². The summed E-state index contributed by atoms with van der Waals surface area (Å²) in [6.45, 7) is 4.07. The van der Waals surface area contributed by atoms with E-state index in [4.69, 9.17) is 0 Å². The molecule has 0 spiro atoms. The predicted octanol–water partition coefficient (Wildman–Crippen LogP) is 2.67. The molecular formula is C19H22N4O3S. The fourth-order valence-electron chi connectivity index (χ4n) is 2.89. The Labute approximate surface area is 158 Å². The molecule has 1 aromatic heterocycles. The van der Waals surface area contributed by atoms with Crippen molar-refractivity contribution in [2.75, 3.05) is 11.9 Å². The first-order valence-electron chi connectivity index (χ1n) is 8.64. The number of carbonyl (C=O) groups is 1. The molecule has 27 heavy (non-hydrogen) atoms. The van der Waals surface area contributed by atoms with Crippen LogP contribution in [0.4, 0.5) is 5.69 Å². The standard InChI is InChI=1S/C19H22N4O3S/c1-14-8-9-16(22-15(2)24)12-19(14)27(25,26)21-10-5-11-23-13-20-17-6-3-4-7-18(17)23/h3-4,6-9,12-13,21H,5,10-11H2,1-2H3,(H,22,24). The maximum Gasteiger partial charge on any atom is 0.240 e. The monoisotopic (exact) mass is 386 g/mol. The van der Waals surface area contributed by atoms with Gasteiger partial charge in [0.25, 0.3) is 0 Å². The number of para-hydroxylation sites is 2. The minimum absolute atomic E-state index is 0.168. The number of benzene rings is 2. The van der Waals surface area contributed by atoms with Crippen LogP contribution in [-0.2, 0) is 21.4 Å². The minimum atomic E-state index is -3.66. The number of amides is 1. The van der Waals surface area contributed by atoms with Gasteiger partial charge in [0.2, 0.25) is 15.9 Å². The van der Waals surface area contributed by atoms with Crippen molar-refractivity contribution >= 4 is 32.7 Å². The summed E-state index contributed by atoms with van der Waals surface area (Å²) in [4.78, 5) is 15.7. The van der Waals surface area contributed by atoms with Gasteiger partial charge in [-0.15, -0.1) is 0 Å². The summed E-state index contributed by atoms with van der Waals surface area (Å²) in [5.41, 5.74) is 3.03. The van der Waals surface area contributed by atoms with Crippen LogP contribution in [0.3, 0.4) is 0 Å². The van der Waals surface area contributed by atoms with Crippen molar-refractivity contribution in [3.05, 3.63) is 54.4 Å². The van der Waals surface area contributed by atoms with Crippen LogP contribution < -0.4 is 10.0 Å². The van der Waals surface area contributed by atoms with Crippen LogP contribution in [0.25, 0.3) is 11.0 Å². The second-order valence-electron chi connectivity index (χ2n) is 6.34. The molecule has 0 radical (unpaired) electrons. The van der Waals surface area contributed by atoms with E-state index in [0.29, 0.717) is 30.8 Å². The highest BCUT2D eigenvalue weighted by Crippen LogP contribution is 2.20. The highest BCUT2D eigenvalue weighted by molar-refractivity contribution is 7.89. The smallest absolute Gasteiger partial charge is 0.240 e. The topological polar surface area (TPSA) is 93.1 Å². The number of rotatable bonds is 7. The van der Waals surface area contributed by atoms with Crippen LogP contribution in [0.2, 0.25) is 0 Å². The molecule has 0 bridgehead atoms. The zero-order valence-corrected chi connectivity index (χ0v) is 16.1. The number of nitrogens with one attached hydrogen (secondary N) is 2. The summed E-state index contributed by atoms with van der Waals surface area (Å²) in [6.07, 6.45) is 2.39. The number of hydrogen-bond acceptors (Lipinski definition) is 4. The molecule has 7 nitrogen and oxygen atoms in total. The first-order valence-corrected chi connectivity index (χ1v) is 10.1. The number of nitrogens with zero attached hydrogens (tertiary/aromatic N) is 2. The lowest BCUT2D eigenvalue weighted by molar-refractivity contribution is -0.114. The highest BCUT2D eigenvalue weighted by Gasteiger charge is 2.17. The molecule has 2 aromatic carbocycles. The van der Waals surface area contributed by atoms with E-state index in [1.165, 1.54) is 13.0 Å². The molecule has 0 atom stereocenters. The second kappa shape index (κ2) is 7.89. The van der Waals surface area contributed by atoms with E-state index in [-0.39, 0.29) is 10.8 Å². The summed E-state index contributed by atoms with van der Waals surface area (Å²) in [7, 11) is -3.66. The number of fused-ring (bicyclic) bond motifs is 1. The Balaban J connectivity index is 1.64. The first-order chi connectivity index (χ1) is 12.9. The number of aryl methyl sites for hydroxylation is 2. The molecule has 142 valence electrons. The summed E-state index contributed by atoms with van der Waals surface area (Å²) >= 11 is 0. The molecule has 8 heteroatoms. The third-order valence-corrected chi connectivity index (χ3v) is 5.80. The predicted molar refractivity (Wildman–Crippen MR) is 105 cm³/mol. The van der Waals surface area contributed by atoms with Gasteiger partial charge in [-0.25, -0.2) is 18.1 Å². The molecule has 0 unspecified atom stereocenters. The molecule has 3 rings (SSSR count). The lowest BCUT2D eigenvalue weighted by atomic mass is 10.2. The normalized spacial score (nSPS) is 11.6. The lowest BCUT2D eigenvalue weighted by Crippen LogP contribution is -2.26. The van der Waals surface area contributed by atoms with Crippen LogP contribution >= 0.6 is 0 Å². The summed E-state index contributed by atoms with van der Waals surface area (Å²) < 4.78 is 29.9. The van der Waals surface area contributed by atoms with Gasteiger partial charge in [0.1, 0.15) is 0 Å². The van der Waals surface area contributed by atoms with Gasteiger partial charge < -0.3 is 9.88 Å². The Morgan fingerprint density at radius 1 is 1.19 bits per heavy atom. The Morgan fingerprint density at radius 3 is 2.74 bits per heavy atom. The average Bonchev–Trinajstić information content (AvgIpc) is 3.03. The average molecular weight is 386 g/mol. The Bertz CT molecular complexity index is 1070. The lowest BCUT2D eigenvalue weighted by Gasteiger charge is -2.12. The van der Waals surface area contributed by atoms with Crippen molar-refractivity contribution in [1.29, 1.82) is 0 Å². The molecular weight excluding hydrogens is 364 g/mol. The Kier molecular flexibility index (Phi) is 5.57. The fraction of sp³-hybridized carbons (Fsp3) is 0.263. The van der Waals surface area contributed by atoms with E-state index in [9.17, 15) is 13.2 Å². The SMILES string of the molecule is CC(=O)Nc1ccc(C)c(S(=O)(=O)NCCCn2cnc3ccccc32)c1. The highest BCUT2D eigenvalue weighted by atomic mass is 32.2. The number of hydrogen-bond donors (Lipinski definition) is 2. The van der Waals surface area contributed by atoms with E-state index >= 15 is 0 Å². The molecule has 3 aromatic rings. The zero-order valence-electron chi connectivity index (χ0n) is 15.3. The number of imidazole rings is 1. The molecule has 0 saturated carbocycles. The van der Waals surface area contributed by atoms with Gasteiger partial charge in [0, 0.05) is 25.7 Å². The van der Waals surface area contributed by atoms with E-state index in [2.05, 4.69) is 15.0 Å². The number of carbonyl (C=O) groups excluding carboxylic acids is 1. The van der Waals surface area contributed by atoms with Crippen LogP contribution in [0.5, 0.6) is 0 Å². The largest absolute Gasteiger partial charge is 0.331 e. The summed E-state index contributed by atoms with van der Waals surface area (Å²) in [6, 6.07) is 12.7. The number of anilines is 1. The van der Waals surface area contributed by atoms with Crippen molar-refractivity contribution in [2.24, 2.45) is 0 Å². The van der Waals surface area contributed by atoms with Crippen molar-refractivity contribution in [3.8, 4) is 0 Å². The third kappa shape index (κ3) is 4.53. The van der Waals surface area contributed by atoms with Gasteiger partial charge in [-0.2, -0.15) is 0 Å². The van der Waals surface area contributed by atoms with Gasteiger partial charge in [-0.3, -0.25) is 4.79 Å². The van der Waals surface area contributed by atoms with Gasteiger partial charge in [0.05, 0.1) is 22.3 Å². The van der Waals surface area contributed by atoms with Crippen molar-refractivity contribution in [2.45, 2.75) is 31.7 Å². The van der Waals surface area contributed by atoms with Crippen LogP contribution in [-0.4, -0.2) is 30.4 Å². The fourth-order valence-corrected chi connectivity index (χ4v) is 4.24. The molecule has 0 aliphatic rings. The molecule has 0 fully saturated rings. The maximum atomic E-state index is 12.6. The maximum absolute atomic E-state index is 12.6. The molecule has 0 aliphatic heterocycles. The van der Waals surface area contributed by atoms with E-state index in [1.54, 1.807) is 25.4 Å². The minimum Gasteiger partial charge on any atom is -0.331 e. The van der Waals surface area contributed by atoms with Crippen LogP contribution in [0, 0.1) is 6.92 Å². The first kappa shape index (κ1) is 19.1. The third-order valence-electron chi connectivity index (χ3n) is 4.19. The number of sulfonamides is 1. The number of aromatic nitrogens is 2. The van der Waals surface area contributed by atoms with Crippen LogP contribution in [0.15, 0.2) is 53.7 Å². The molecule has 1 amide bonds. The zero-order chi connectivity index (χ0) is 19.4. The van der Waals surface area contributed by atoms with E-state index in [1.807, 2.05) is 28.8 Å². The molecule has 0 aliphatic carbocycles. The van der Waals surface area contributed by atoms with Crippen LogP contribution in [0.1, 0.15) is 18.9 Å². The van der Waals surface area contributed by atoms with Crippen molar-refractivity contribution in [1.82, 2.24) is 14.3 Å². The second-order valence-corrected chi connectivity index (χ2v) is 8.07. The molecule has 2 N–H and O–H groups in total. The van der Waals surface area contributed by atoms with Gasteiger partial charge >= 0.3 is 0 Å². The summed E-state index contributed by atoms with van der Waals surface area (Å²) in [5, 5.41) is 2.61. The quantitative estimate of drug-likeness (QED) is 0.611. The Morgan fingerprint density at radius 2 is 1.96 bits per heavy atom. The van der Waals surface area contributed by atoms with Gasteiger partial charge in [0.15, 0.2) is 0 Å². The van der Waals surface area contributed by atoms with Crippen molar-refractivity contribution < 1.29 is 13.2 Å². The summed E-state index contributed by atoms with van der Waals surface area (Å²) in [5.74, 6) is -0.247. The van der Waals surface area contributed by atoms with Gasteiger partial charge in [-0.1, -0.05) is 18.2 Å². The van der Waals surface area contributed by atoms with Crippen molar-refractivity contribution in [3.63, 3.8) is 0 Å². The molecule has 1 heterocycles. The van der Waals surface area contributed by atoms with Gasteiger partial charge in [-0.05, 0) is 43.2 Å². The molecule has 0 saturated heterocycles. The van der Waals surface area contributed by atoms with E-state index in [0.717, 1.165) is 11.0 Å².